The number of halogens is 3. The molecular formula is C12H9Br2ClOS. The minimum atomic E-state index is -0.578. The van der Waals surface area contributed by atoms with Crippen molar-refractivity contribution in [3.63, 3.8) is 0 Å². The molecule has 1 aromatic heterocycles. The molecule has 0 fully saturated rings. The summed E-state index contributed by atoms with van der Waals surface area (Å²) in [5.41, 5.74) is 0.755. The highest BCUT2D eigenvalue weighted by atomic mass is 79.9. The van der Waals surface area contributed by atoms with Gasteiger partial charge in [-0.15, -0.1) is 11.3 Å². The van der Waals surface area contributed by atoms with E-state index in [9.17, 15) is 5.11 Å². The molecule has 0 saturated heterocycles. The average molecular weight is 397 g/mol. The topological polar surface area (TPSA) is 20.2 Å². The maximum absolute atomic E-state index is 10.2. The van der Waals surface area contributed by atoms with Crippen LogP contribution in [0.1, 0.15) is 16.5 Å². The minimum absolute atomic E-state index is 0.576. The van der Waals surface area contributed by atoms with E-state index in [0.717, 1.165) is 18.7 Å². The number of thiophene rings is 1. The maximum Gasteiger partial charge on any atom is 0.0853 e. The molecule has 1 nitrogen and oxygen atoms in total. The van der Waals surface area contributed by atoms with E-state index in [1.54, 1.807) is 17.4 Å². The number of hydrogen-bond acceptors (Lipinski definition) is 2. The third-order valence-electron chi connectivity index (χ3n) is 2.34. The lowest BCUT2D eigenvalue weighted by atomic mass is 10.1. The van der Waals surface area contributed by atoms with Gasteiger partial charge in [0.05, 0.1) is 9.89 Å². The smallest absolute Gasteiger partial charge is 0.0853 e. The fourth-order valence-electron chi connectivity index (χ4n) is 1.53. The Kier molecular flexibility index (Phi) is 4.66. The third kappa shape index (κ3) is 3.55. The molecule has 17 heavy (non-hydrogen) atoms. The quantitative estimate of drug-likeness (QED) is 0.756. The van der Waals surface area contributed by atoms with Crippen LogP contribution in [0, 0.1) is 0 Å². The highest BCUT2D eigenvalue weighted by Gasteiger charge is 2.13. The van der Waals surface area contributed by atoms with Gasteiger partial charge in [0.25, 0.3) is 0 Å². The van der Waals surface area contributed by atoms with Crippen molar-refractivity contribution in [3.05, 3.63) is 54.1 Å². The van der Waals surface area contributed by atoms with Gasteiger partial charge in [0.2, 0.25) is 0 Å². The molecule has 0 amide bonds. The van der Waals surface area contributed by atoms with E-state index in [2.05, 4.69) is 31.9 Å². The van der Waals surface area contributed by atoms with Crippen LogP contribution in [0.4, 0.5) is 0 Å². The third-order valence-corrected chi connectivity index (χ3v) is 4.82. The predicted octanol–water partition coefficient (Wildman–Crippen LogP) is 5.20. The van der Waals surface area contributed by atoms with E-state index in [1.165, 1.54) is 0 Å². The summed E-state index contributed by atoms with van der Waals surface area (Å²) >= 11 is 14.5. The van der Waals surface area contributed by atoms with Gasteiger partial charge in [0.15, 0.2) is 0 Å². The van der Waals surface area contributed by atoms with Gasteiger partial charge < -0.3 is 5.11 Å². The molecular weight excluding hydrogens is 387 g/mol. The summed E-state index contributed by atoms with van der Waals surface area (Å²) in [6, 6.07) is 9.49. The first-order chi connectivity index (χ1) is 8.06. The summed E-state index contributed by atoms with van der Waals surface area (Å²) in [6.45, 7) is 0. The van der Waals surface area contributed by atoms with Crippen molar-refractivity contribution >= 4 is 54.8 Å². The van der Waals surface area contributed by atoms with Crippen molar-refractivity contribution < 1.29 is 5.11 Å². The lowest BCUT2D eigenvalue weighted by Gasteiger charge is -2.12. The molecule has 2 aromatic rings. The number of aliphatic hydroxyl groups excluding tert-OH is 1. The van der Waals surface area contributed by atoms with Crippen LogP contribution >= 0.6 is 54.8 Å². The molecule has 90 valence electrons. The molecule has 1 aromatic carbocycles. The molecule has 0 aliphatic heterocycles. The van der Waals surface area contributed by atoms with E-state index in [0.29, 0.717) is 11.4 Å². The Balaban J connectivity index is 2.19. The molecule has 1 atom stereocenters. The maximum atomic E-state index is 10.2. The Bertz CT molecular complexity index is 527. The van der Waals surface area contributed by atoms with E-state index < -0.39 is 6.10 Å². The second-order valence-electron chi connectivity index (χ2n) is 3.59. The standard InChI is InChI=1S/C12H9Br2ClOS/c13-7-1-3-10(15)9(5-7)11(16)6-8-2-4-12(14)17-8/h1-5,11,16H,6H2. The highest BCUT2D eigenvalue weighted by Crippen LogP contribution is 2.31. The van der Waals surface area contributed by atoms with Gasteiger partial charge in [-0.05, 0) is 46.3 Å². The fourth-order valence-corrected chi connectivity index (χ4v) is 3.67. The van der Waals surface area contributed by atoms with Gasteiger partial charge in [0, 0.05) is 26.4 Å². The van der Waals surface area contributed by atoms with Gasteiger partial charge in [-0.1, -0.05) is 27.5 Å². The Morgan fingerprint density at radius 2 is 2.00 bits per heavy atom. The predicted molar refractivity (Wildman–Crippen MR) is 79.8 cm³/mol. The van der Waals surface area contributed by atoms with Crippen molar-refractivity contribution in [2.75, 3.05) is 0 Å². The second-order valence-corrected chi connectivity index (χ2v) is 7.46. The lowest BCUT2D eigenvalue weighted by molar-refractivity contribution is 0.179. The van der Waals surface area contributed by atoms with Gasteiger partial charge in [-0.25, -0.2) is 0 Å². The van der Waals surface area contributed by atoms with Gasteiger partial charge in [0.1, 0.15) is 0 Å². The van der Waals surface area contributed by atoms with Crippen LogP contribution in [0.15, 0.2) is 38.6 Å². The number of rotatable bonds is 3. The molecule has 1 N–H and O–H groups in total. The lowest BCUT2D eigenvalue weighted by Crippen LogP contribution is -2.01. The zero-order valence-corrected chi connectivity index (χ0v) is 13.4. The van der Waals surface area contributed by atoms with Crippen LogP contribution in [-0.4, -0.2) is 5.11 Å². The molecule has 1 heterocycles. The fraction of sp³-hybridized carbons (Fsp3) is 0.167. The Labute approximate surface area is 126 Å². The zero-order chi connectivity index (χ0) is 12.4. The normalized spacial score (nSPS) is 12.7. The van der Waals surface area contributed by atoms with Gasteiger partial charge in [-0.2, -0.15) is 0 Å². The summed E-state index contributed by atoms with van der Waals surface area (Å²) < 4.78 is 1.99. The van der Waals surface area contributed by atoms with Crippen molar-refractivity contribution in [1.82, 2.24) is 0 Å². The molecule has 0 aliphatic rings. The first kappa shape index (κ1) is 13.6. The van der Waals surface area contributed by atoms with E-state index in [1.807, 2.05) is 24.3 Å². The SMILES string of the molecule is OC(Cc1ccc(Br)s1)c1cc(Br)ccc1Cl. The largest absolute Gasteiger partial charge is 0.388 e. The Morgan fingerprint density at radius 1 is 1.24 bits per heavy atom. The Hall–Kier alpha value is 0.130. The van der Waals surface area contributed by atoms with Crippen LogP contribution in [-0.2, 0) is 6.42 Å². The van der Waals surface area contributed by atoms with Crippen molar-refractivity contribution in [2.45, 2.75) is 12.5 Å². The zero-order valence-electron chi connectivity index (χ0n) is 8.66. The number of hydrogen-bond donors (Lipinski definition) is 1. The van der Waals surface area contributed by atoms with Gasteiger partial charge in [-0.3, -0.25) is 0 Å². The van der Waals surface area contributed by atoms with E-state index >= 15 is 0 Å². The van der Waals surface area contributed by atoms with Crippen LogP contribution in [0.5, 0.6) is 0 Å². The minimum Gasteiger partial charge on any atom is -0.388 e. The Morgan fingerprint density at radius 3 is 2.65 bits per heavy atom. The van der Waals surface area contributed by atoms with Crippen molar-refractivity contribution in [1.29, 1.82) is 0 Å². The highest BCUT2D eigenvalue weighted by molar-refractivity contribution is 9.11. The van der Waals surface area contributed by atoms with Crippen LogP contribution in [0.25, 0.3) is 0 Å². The first-order valence-corrected chi connectivity index (χ1v) is 7.71. The molecule has 1 unspecified atom stereocenters. The summed E-state index contributed by atoms with van der Waals surface area (Å²) in [5.74, 6) is 0. The summed E-state index contributed by atoms with van der Waals surface area (Å²) in [7, 11) is 0. The van der Waals surface area contributed by atoms with Crippen molar-refractivity contribution in [2.24, 2.45) is 0 Å². The summed E-state index contributed by atoms with van der Waals surface area (Å²) in [4.78, 5) is 1.13. The first-order valence-electron chi connectivity index (χ1n) is 4.93. The van der Waals surface area contributed by atoms with E-state index in [4.69, 9.17) is 11.6 Å². The monoisotopic (exact) mass is 394 g/mol. The molecule has 0 bridgehead atoms. The molecule has 0 spiro atoms. The van der Waals surface area contributed by atoms with Gasteiger partial charge >= 0.3 is 0 Å². The molecule has 5 heteroatoms. The number of aliphatic hydroxyl groups is 1. The number of benzene rings is 1. The molecule has 0 saturated carbocycles. The van der Waals surface area contributed by atoms with Crippen LogP contribution in [0.2, 0.25) is 5.02 Å². The second kappa shape index (κ2) is 5.85. The molecule has 0 aliphatic carbocycles. The summed E-state index contributed by atoms with van der Waals surface area (Å²) in [6.07, 6.45) is -0.00236. The summed E-state index contributed by atoms with van der Waals surface area (Å²) in [5, 5.41) is 10.8. The molecule has 2 rings (SSSR count). The van der Waals surface area contributed by atoms with Crippen molar-refractivity contribution in [3.8, 4) is 0 Å². The van der Waals surface area contributed by atoms with E-state index in [-0.39, 0.29) is 0 Å². The van der Waals surface area contributed by atoms with Crippen LogP contribution in [0.3, 0.4) is 0 Å². The average Bonchev–Trinajstić information content (AvgIpc) is 2.67. The molecule has 0 radical (unpaired) electrons. The van der Waals surface area contributed by atoms with Crippen LogP contribution < -0.4 is 0 Å².